The molecule has 0 unspecified atom stereocenters. The zero-order chi connectivity index (χ0) is 9.68. The van der Waals surface area contributed by atoms with E-state index in [-0.39, 0.29) is 17.7 Å². The zero-order valence-corrected chi connectivity index (χ0v) is 6.71. The fourth-order valence-corrected chi connectivity index (χ4v) is 0.821. The van der Waals surface area contributed by atoms with Crippen LogP contribution in [0.4, 0.5) is 4.39 Å². The van der Waals surface area contributed by atoms with Crippen LogP contribution in [0.5, 0.6) is 0 Å². The Labute approximate surface area is 75.2 Å². The summed E-state index contributed by atoms with van der Waals surface area (Å²) < 4.78 is 13.0. The first-order valence-electron chi connectivity index (χ1n) is 3.57. The predicted octanol–water partition coefficient (Wildman–Crippen LogP) is 1.04. The van der Waals surface area contributed by atoms with E-state index in [0.29, 0.717) is 0 Å². The van der Waals surface area contributed by atoms with Gasteiger partial charge in [-0.1, -0.05) is 11.8 Å². The van der Waals surface area contributed by atoms with Crippen molar-refractivity contribution in [2.75, 3.05) is 6.61 Å². The molecule has 0 amide bonds. The molecule has 1 aromatic carbocycles. The molecule has 64 valence electrons. The number of halogens is 1. The Morgan fingerprint density at radius 3 is 2.77 bits per heavy atom. The van der Waals surface area contributed by atoms with Crippen LogP contribution in [0.15, 0.2) is 18.2 Å². The van der Waals surface area contributed by atoms with Crippen molar-refractivity contribution in [1.29, 1.82) is 5.26 Å². The fraction of sp³-hybridized carbons (Fsp3) is 0.100. The monoisotopic (exact) mass is 175 g/mol. The molecular weight excluding hydrogens is 169 g/mol. The molecule has 0 atom stereocenters. The minimum atomic E-state index is -0.542. The van der Waals surface area contributed by atoms with E-state index in [1.807, 2.05) is 6.07 Å². The van der Waals surface area contributed by atoms with Crippen LogP contribution in [-0.2, 0) is 0 Å². The zero-order valence-electron chi connectivity index (χ0n) is 6.71. The summed E-state index contributed by atoms with van der Waals surface area (Å²) in [6, 6.07) is 5.82. The first-order chi connectivity index (χ1) is 6.27. The molecule has 0 spiro atoms. The number of rotatable bonds is 0. The lowest BCUT2D eigenvalue weighted by Crippen LogP contribution is -1.85. The van der Waals surface area contributed by atoms with Crippen molar-refractivity contribution in [1.82, 2.24) is 0 Å². The number of nitriles is 1. The number of nitrogens with zero attached hydrogens (tertiary/aromatic N) is 1. The number of hydrogen-bond acceptors (Lipinski definition) is 2. The standard InChI is InChI=1S/C10H6FNO/c11-10-6-8(7-12)3-4-9(10)2-1-5-13/h3-4,6,13H,5H2. The SMILES string of the molecule is N#Cc1ccc(C#CCO)c(F)c1. The third-order valence-electron chi connectivity index (χ3n) is 1.40. The minimum Gasteiger partial charge on any atom is -0.384 e. The second kappa shape index (κ2) is 4.25. The lowest BCUT2D eigenvalue weighted by molar-refractivity contribution is 0.350. The van der Waals surface area contributed by atoms with Gasteiger partial charge in [-0.15, -0.1) is 0 Å². The van der Waals surface area contributed by atoms with E-state index in [0.717, 1.165) is 6.07 Å². The molecule has 0 heterocycles. The second-order valence-corrected chi connectivity index (χ2v) is 2.27. The third-order valence-corrected chi connectivity index (χ3v) is 1.40. The van der Waals surface area contributed by atoms with Gasteiger partial charge in [-0.2, -0.15) is 5.26 Å². The molecule has 0 aromatic heterocycles. The summed E-state index contributed by atoms with van der Waals surface area (Å²) in [4.78, 5) is 0. The van der Waals surface area contributed by atoms with Gasteiger partial charge in [-0.25, -0.2) is 4.39 Å². The van der Waals surface area contributed by atoms with Crippen LogP contribution in [-0.4, -0.2) is 11.7 Å². The molecule has 0 aliphatic rings. The smallest absolute Gasteiger partial charge is 0.140 e. The van der Waals surface area contributed by atoms with Crippen LogP contribution in [0.3, 0.4) is 0 Å². The maximum absolute atomic E-state index is 13.0. The summed E-state index contributed by atoms with van der Waals surface area (Å²) in [7, 11) is 0. The molecule has 0 aliphatic carbocycles. The maximum Gasteiger partial charge on any atom is 0.140 e. The second-order valence-electron chi connectivity index (χ2n) is 2.27. The summed E-state index contributed by atoms with van der Waals surface area (Å²) in [6.45, 7) is -0.306. The molecule has 0 radical (unpaired) electrons. The number of benzene rings is 1. The van der Waals surface area contributed by atoms with Crippen LogP contribution in [0, 0.1) is 29.0 Å². The van der Waals surface area contributed by atoms with Gasteiger partial charge in [0.25, 0.3) is 0 Å². The molecule has 1 aromatic rings. The molecule has 1 N–H and O–H groups in total. The molecule has 0 bridgehead atoms. The Morgan fingerprint density at radius 2 is 2.23 bits per heavy atom. The first kappa shape index (κ1) is 9.25. The number of hydrogen-bond donors (Lipinski definition) is 1. The molecule has 0 saturated heterocycles. The van der Waals surface area contributed by atoms with E-state index < -0.39 is 5.82 Å². The molecule has 0 saturated carbocycles. The van der Waals surface area contributed by atoms with Gasteiger partial charge in [0, 0.05) is 0 Å². The van der Waals surface area contributed by atoms with E-state index in [1.165, 1.54) is 12.1 Å². The Morgan fingerprint density at radius 1 is 1.46 bits per heavy atom. The van der Waals surface area contributed by atoms with Gasteiger partial charge in [0.05, 0.1) is 17.2 Å². The van der Waals surface area contributed by atoms with Crippen molar-refractivity contribution in [3.63, 3.8) is 0 Å². The quantitative estimate of drug-likeness (QED) is 0.599. The highest BCUT2D eigenvalue weighted by Gasteiger charge is 1.99. The van der Waals surface area contributed by atoms with Crippen molar-refractivity contribution in [2.24, 2.45) is 0 Å². The van der Waals surface area contributed by atoms with Crippen molar-refractivity contribution >= 4 is 0 Å². The van der Waals surface area contributed by atoms with E-state index >= 15 is 0 Å². The summed E-state index contributed by atoms with van der Waals surface area (Å²) in [5.41, 5.74) is 0.445. The molecule has 0 aliphatic heterocycles. The number of aliphatic hydroxyl groups excluding tert-OH is 1. The Hall–Kier alpha value is -1.84. The molecular formula is C10H6FNO. The lowest BCUT2D eigenvalue weighted by Gasteiger charge is -1.93. The predicted molar refractivity (Wildman–Crippen MR) is 45.1 cm³/mol. The van der Waals surface area contributed by atoms with Gasteiger partial charge in [0.2, 0.25) is 0 Å². The van der Waals surface area contributed by atoms with Crippen molar-refractivity contribution in [3.05, 3.63) is 35.1 Å². The van der Waals surface area contributed by atoms with E-state index in [1.54, 1.807) is 0 Å². The summed E-state index contributed by atoms with van der Waals surface area (Å²) >= 11 is 0. The molecule has 1 rings (SSSR count). The largest absolute Gasteiger partial charge is 0.384 e. The Balaban J connectivity index is 3.07. The highest BCUT2D eigenvalue weighted by molar-refractivity contribution is 5.41. The number of aliphatic hydroxyl groups is 1. The highest BCUT2D eigenvalue weighted by Crippen LogP contribution is 2.08. The fourth-order valence-electron chi connectivity index (χ4n) is 0.821. The van der Waals surface area contributed by atoms with Crippen molar-refractivity contribution in [3.8, 4) is 17.9 Å². The maximum atomic E-state index is 13.0. The average Bonchev–Trinajstić information content (AvgIpc) is 2.16. The molecule has 13 heavy (non-hydrogen) atoms. The Kier molecular flexibility index (Phi) is 3.03. The molecule has 0 fully saturated rings. The van der Waals surface area contributed by atoms with Crippen LogP contribution < -0.4 is 0 Å². The van der Waals surface area contributed by atoms with E-state index in [2.05, 4.69) is 11.8 Å². The van der Waals surface area contributed by atoms with Crippen LogP contribution in [0.2, 0.25) is 0 Å². The third kappa shape index (κ3) is 2.30. The van der Waals surface area contributed by atoms with Gasteiger partial charge in [-0.3, -0.25) is 0 Å². The van der Waals surface area contributed by atoms with Gasteiger partial charge >= 0.3 is 0 Å². The molecule has 3 heteroatoms. The van der Waals surface area contributed by atoms with Gasteiger partial charge in [-0.05, 0) is 18.2 Å². The summed E-state index contributed by atoms with van der Waals surface area (Å²) in [5.74, 6) is 4.21. The normalized spacial score (nSPS) is 8.38. The van der Waals surface area contributed by atoms with E-state index in [4.69, 9.17) is 10.4 Å². The van der Waals surface area contributed by atoms with Crippen molar-refractivity contribution in [2.45, 2.75) is 0 Å². The lowest BCUT2D eigenvalue weighted by atomic mass is 10.1. The highest BCUT2D eigenvalue weighted by atomic mass is 19.1. The summed E-state index contributed by atoms with van der Waals surface area (Å²) in [5, 5.41) is 16.8. The first-order valence-corrected chi connectivity index (χ1v) is 3.57. The molecule has 2 nitrogen and oxygen atoms in total. The Bertz CT molecular complexity index is 409. The van der Waals surface area contributed by atoms with Crippen molar-refractivity contribution < 1.29 is 9.50 Å². The summed E-state index contributed by atoms with van der Waals surface area (Å²) in [6.07, 6.45) is 0. The average molecular weight is 175 g/mol. The van der Waals surface area contributed by atoms with Crippen LogP contribution in [0.1, 0.15) is 11.1 Å². The van der Waals surface area contributed by atoms with Gasteiger partial charge < -0.3 is 5.11 Å². The van der Waals surface area contributed by atoms with Gasteiger partial charge in [0.15, 0.2) is 0 Å². The minimum absolute atomic E-state index is 0.188. The topological polar surface area (TPSA) is 44.0 Å². The van der Waals surface area contributed by atoms with E-state index in [9.17, 15) is 4.39 Å². The van der Waals surface area contributed by atoms with Crippen LogP contribution in [0.25, 0.3) is 0 Å². The van der Waals surface area contributed by atoms with Gasteiger partial charge in [0.1, 0.15) is 12.4 Å². The van der Waals surface area contributed by atoms with Crippen LogP contribution >= 0.6 is 0 Å².